The molecule has 3 aromatic rings. The Labute approximate surface area is 224 Å². The first kappa shape index (κ1) is 26.1. The minimum absolute atomic E-state index is 0.000897. The van der Waals surface area contributed by atoms with Gasteiger partial charge in [0, 0.05) is 12.0 Å². The van der Waals surface area contributed by atoms with E-state index in [0.29, 0.717) is 0 Å². The van der Waals surface area contributed by atoms with E-state index in [-0.39, 0.29) is 30.2 Å². The molecule has 38 heavy (non-hydrogen) atoms. The van der Waals surface area contributed by atoms with Crippen molar-refractivity contribution in [3.05, 3.63) is 108 Å². The molecule has 0 radical (unpaired) electrons. The van der Waals surface area contributed by atoms with E-state index in [1.807, 2.05) is 42.5 Å². The van der Waals surface area contributed by atoms with Gasteiger partial charge >= 0.3 is 11.9 Å². The predicted molar refractivity (Wildman–Crippen MR) is 145 cm³/mol. The quantitative estimate of drug-likeness (QED) is 0.500. The van der Waals surface area contributed by atoms with Crippen LogP contribution in [-0.2, 0) is 19.1 Å². The molecule has 198 valence electrons. The number of rotatable bonds is 6. The number of hydrogen-bond acceptors (Lipinski definition) is 7. The molecular weight excluding hydrogens is 478 g/mol. The molecule has 2 saturated heterocycles. The number of nitrogens with one attached hydrogen (secondary N) is 1. The molecule has 0 aliphatic carbocycles. The van der Waals surface area contributed by atoms with Gasteiger partial charge < -0.3 is 9.47 Å². The Morgan fingerprint density at radius 1 is 0.658 bits per heavy atom. The average Bonchev–Trinajstić information content (AvgIpc) is 3.48. The molecule has 6 atom stereocenters. The fourth-order valence-corrected chi connectivity index (χ4v) is 6.68. The van der Waals surface area contributed by atoms with Crippen LogP contribution in [0, 0.1) is 11.8 Å². The fraction of sp³-hybridized carbons (Fsp3) is 0.355. The van der Waals surface area contributed by atoms with Crippen LogP contribution >= 0.6 is 0 Å². The molecule has 0 amide bonds. The van der Waals surface area contributed by atoms with Gasteiger partial charge in [-0.05, 0) is 30.8 Å². The predicted octanol–water partition coefficient (Wildman–Crippen LogP) is 3.96. The summed E-state index contributed by atoms with van der Waals surface area (Å²) in [6, 6.07) is 29.5. The molecule has 2 heterocycles. The van der Waals surface area contributed by atoms with Gasteiger partial charge in [0.2, 0.25) is 0 Å². The Hall–Kier alpha value is -3.52. The maximum Gasteiger partial charge on any atom is 0.323 e. The molecule has 7 nitrogen and oxygen atoms in total. The summed E-state index contributed by atoms with van der Waals surface area (Å²) in [6.45, 7) is 0. The summed E-state index contributed by atoms with van der Waals surface area (Å²) >= 11 is 0. The lowest BCUT2D eigenvalue weighted by molar-refractivity contribution is -0.151. The third-order valence-corrected chi connectivity index (χ3v) is 8.24. The van der Waals surface area contributed by atoms with Crippen molar-refractivity contribution in [2.45, 2.75) is 30.3 Å². The molecule has 0 unspecified atom stereocenters. The van der Waals surface area contributed by atoms with Gasteiger partial charge in [-0.3, -0.25) is 24.7 Å². The second-order valence-corrected chi connectivity index (χ2v) is 10.1. The highest BCUT2D eigenvalue weighted by Crippen LogP contribution is 2.51. The number of likely N-dealkylation sites (N-methyl/N-ethyl adjacent to an activating group) is 2. The standard InChI is InChI=1S/C31H35N3O4/c1-33-27(21-16-10-6-11-17-21)28(22-18-12-7-13-19-22)34(2)29(33)23-24(30(35)37-3)25(20-14-8-5-9-15-20)32-26(23)31(36)38-4/h5-19,23-29,32H,1-4H3/t23-,24-,25-,26-,27-,28-/m0/s1. The summed E-state index contributed by atoms with van der Waals surface area (Å²) in [5, 5.41) is 3.47. The second-order valence-electron chi connectivity index (χ2n) is 10.1. The molecule has 7 heteroatoms. The molecule has 0 aromatic heterocycles. The summed E-state index contributed by atoms with van der Waals surface area (Å²) in [7, 11) is 6.97. The maximum absolute atomic E-state index is 13.5. The zero-order chi connectivity index (χ0) is 26.8. The third-order valence-electron chi connectivity index (χ3n) is 8.24. The first-order valence-corrected chi connectivity index (χ1v) is 13.0. The van der Waals surface area contributed by atoms with Crippen molar-refractivity contribution < 1.29 is 19.1 Å². The zero-order valence-corrected chi connectivity index (χ0v) is 22.2. The summed E-state index contributed by atoms with van der Waals surface area (Å²) < 4.78 is 10.6. The minimum Gasteiger partial charge on any atom is -0.469 e. The Kier molecular flexibility index (Phi) is 7.61. The van der Waals surface area contributed by atoms with E-state index in [0.717, 1.165) is 5.56 Å². The minimum atomic E-state index is -0.699. The SMILES string of the molecule is COC(=O)[C@H]1[C@H](C2N(C)[C@@H](c3ccccc3)[C@H](c3ccccc3)N2C)[C@@H](C(=O)OC)N[C@H]1c1ccccc1. The second kappa shape index (κ2) is 11.1. The zero-order valence-electron chi connectivity index (χ0n) is 22.2. The van der Waals surface area contributed by atoms with E-state index < -0.39 is 23.9 Å². The lowest BCUT2D eigenvalue weighted by Crippen LogP contribution is -2.52. The van der Waals surface area contributed by atoms with Crippen LogP contribution in [0.2, 0.25) is 0 Å². The van der Waals surface area contributed by atoms with Crippen molar-refractivity contribution in [3.63, 3.8) is 0 Å². The van der Waals surface area contributed by atoms with E-state index in [9.17, 15) is 9.59 Å². The summed E-state index contributed by atoms with van der Waals surface area (Å²) in [6.07, 6.45) is -0.264. The molecule has 0 saturated carbocycles. The van der Waals surface area contributed by atoms with Crippen LogP contribution in [-0.4, -0.2) is 62.3 Å². The number of hydrogen-bond donors (Lipinski definition) is 1. The van der Waals surface area contributed by atoms with Gasteiger partial charge in [-0.1, -0.05) is 91.0 Å². The Balaban J connectivity index is 1.64. The number of nitrogens with zero attached hydrogens (tertiary/aromatic N) is 2. The molecule has 3 aromatic carbocycles. The highest BCUT2D eigenvalue weighted by molar-refractivity contribution is 5.81. The van der Waals surface area contributed by atoms with E-state index in [1.165, 1.54) is 25.3 Å². The first-order chi connectivity index (χ1) is 18.5. The normalized spacial score (nSPS) is 28.3. The number of methoxy groups -OCH3 is 2. The Morgan fingerprint density at radius 2 is 1.08 bits per heavy atom. The highest BCUT2D eigenvalue weighted by atomic mass is 16.5. The van der Waals surface area contributed by atoms with Crippen LogP contribution in [0.1, 0.15) is 34.8 Å². The molecular formula is C31H35N3O4. The van der Waals surface area contributed by atoms with Crippen molar-refractivity contribution in [1.29, 1.82) is 0 Å². The van der Waals surface area contributed by atoms with Crippen molar-refractivity contribution in [1.82, 2.24) is 15.1 Å². The van der Waals surface area contributed by atoms with Gasteiger partial charge in [-0.25, -0.2) is 0 Å². The number of esters is 2. The van der Waals surface area contributed by atoms with Crippen molar-refractivity contribution in [3.8, 4) is 0 Å². The van der Waals surface area contributed by atoms with Crippen LogP contribution in [0.15, 0.2) is 91.0 Å². The average molecular weight is 514 g/mol. The molecule has 0 bridgehead atoms. The number of carbonyl (C=O) groups is 2. The van der Waals surface area contributed by atoms with Gasteiger partial charge in [0.05, 0.1) is 38.4 Å². The highest BCUT2D eigenvalue weighted by Gasteiger charge is 2.59. The van der Waals surface area contributed by atoms with Crippen molar-refractivity contribution >= 4 is 11.9 Å². The van der Waals surface area contributed by atoms with Crippen LogP contribution in [0.3, 0.4) is 0 Å². The maximum atomic E-state index is 13.5. The number of ether oxygens (including phenoxy) is 2. The first-order valence-electron chi connectivity index (χ1n) is 13.0. The number of carbonyl (C=O) groups excluding carboxylic acids is 2. The molecule has 2 fully saturated rings. The van der Waals surface area contributed by atoms with Crippen molar-refractivity contribution in [2.24, 2.45) is 11.8 Å². The number of benzene rings is 3. The lowest BCUT2D eigenvalue weighted by atomic mass is 9.81. The monoisotopic (exact) mass is 513 g/mol. The van der Waals surface area contributed by atoms with Gasteiger partial charge in [-0.15, -0.1) is 0 Å². The van der Waals surface area contributed by atoms with Crippen LogP contribution < -0.4 is 5.32 Å². The third kappa shape index (κ3) is 4.51. The van der Waals surface area contributed by atoms with E-state index in [2.05, 4.69) is 77.7 Å². The summed E-state index contributed by atoms with van der Waals surface area (Å²) in [5.41, 5.74) is 3.28. The van der Waals surface area contributed by atoms with Crippen LogP contribution in [0.5, 0.6) is 0 Å². The lowest BCUT2D eigenvalue weighted by Gasteiger charge is -2.36. The van der Waals surface area contributed by atoms with E-state index >= 15 is 0 Å². The van der Waals surface area contributed by atoms with Crippen LogP contribution in [0.25, 0.3) is 0 Å². The molecule has 0 spiro atoms. The summed E-state index contributed by atoms with van der Waals surface area (Å²) in [4.78, 5) is 31.4. The van der Waals surface area contributed by atoms with E-state index in [1.54, 1.807) is 0 Å². The molecule has 1 N–H and O–H groups in total. The van der Waals surface area contributed by atoms with E-state index in [4.69, 9.17) is 9.47 Å². The topological polar surface area (TPSA) is 71.1 Å². The largest absolute Gasteiger partial charge is 0.469 e. The van der Waals surface area contributed by atoms with Gasteiger partial charge in [0.25, 0.3) is 0 Å². The van der Waals surface area contributed by atoms with Crippen molar-refractivity contribution in [2.75, 3.05) is 28.3 Å². The fourth-order valence-electron chi connectivity index (χ4n) is 6.68. The molecule has 2 aliphatic heterocycles. The van der Waals surface area contributed by atoms with Gasteiger partial charge in [-0.2, -0.15) is 0 Å². The van der Waals surface area contributed by atoms with Gasteiger partial charge in [0.1, 0.15) is 6.04 Å². The summed E-state index contributed by atoms with van der Waals surface area (Å²) in [5.74, 6) is -1.77. The Bertz CT molecular complexity index is 1190. The van der Waals surface area contributed by atoms with Gasteiger partial charge in [0.15, 0.2) is 0 Å². The molecule has 5 rings (SSSR count). The Morgan fingerprint density at radius 3 is 1.50 bits per heavy atom. The van der Waals surface area contributed by atoms with Crippen LogP contribution in [0.4, 0.5) is 0 Å². The smallest absolute Gasteiger partial charge is 0.323 e. The molecule has 2 aliphatic rings.